The minimum absolute atomic E-state index is 0.131. The number of H-pyrrole nitrogens is 1. The van der Waals surface area contributed by atoms with Gasteiger partial charge >= 0.3 is 5.97 Å². The highest BCUT2D eigenvalue weighted by atomic mass is 32.2. The molecule has 2 aromatic rings. The summed E-state index contributed by atoms with van der Waals surface area (Å²) in [5, 5.41) is 0. The van der Waals surface area contributed by atoms with Crippen molar-refractivity contribution in [1.29, 1.82) is 0 Å². The number of esters is 1. The van der Waals surface area contributed by atoms with Gasteiger partial charge in [0.05, 0.1) is 17.5 Å². The van der Waals surface area contributed by atoms with Gasteiger partial charge < -0.3 is 9.72 Å². The first-order valence-electron chi connectivity index (χ1n) is 9.14. The summed E-state index contributed by atoms with van der Waals surface area (Å²) in [5.41, 5.74) is 1.49. The minimum atomic E-state index is -3.84. The van der Waals surface area contributed by atoms with Gasteiger partial charge in [0.15, 0.2) is 5.78 Å². The quantitative estimate of drug-likeness (QED) is 0.537. The summed E-state index contributed by atoms with van der Waals surface area (Å²) in [5.74, 6) is -0.915. The van der Waals surface area contributed by atoms with Crippen molar-refractivity contribution in [2.24, 2.45) is 0 Å². The molecule has 0 fully saturated rings. The molecule has 1 aromatic carbocycles. The van der Waals surface area contributed by atoms with Crippen molar-refractivity contribution < 1.29 is 22.7 Å². The molecule has 0 saturated heterocycles. The second kappa shape index (κ2) is 8.70. The number of rotatable bonds is 8. The van der Waals surface area contributed by atoms with Gasteiger partial charge in [-0.25, -0.2) is 13.2 Å². The molecule has 2 rings (SSSR count). The van der Waals surface area contributed by atoms with E-state index < -0.39 is 22.0 Å². The van der Waals surface area contributed by atoms with Crippen molar-refractivity contribution in [3.63, 3.8) is 0 Å². The third-order valence-electron chi connectivity index (χ3n) is 4.64. The number of sulfonamides is 1. The Morgan fingerprint density at radius 3 is 2.29 bits per heavy atom. The molecule has 0 radical (unpaired) electrons. The number of benzene rings is 1. The van der Waals surface area contributed by atoms with E-state index in [0.29, 0.717) is 16.8 Å². The van der Waals surface area contributed by atoms with Crippen molar-refractivity contribution in [3.05, 3.63) is 52.8 Å². The first-order chi connectivity index (χ1) is 13.2. The van der Waals surface area contributed by atoms with Crippen LogP contribution in [0.3, 0.4) is 0 Å². The molecular formula is C20H26N2O5S. The number of Topliss-reactive ketones (excluding diaryl/α,β-unsaturated/α-hetero) is 1. The smallest absolute Gasteiger partial charge is 0.355 e. The van der Waals surface area contributed by atoms with Gasteiger partial charge in [-0.05, 0) is 45.4 Å². The number of carbonyl (C=O) groups excluding carboxylic acids is 2. The zero-order chi connectivity index (χ0) is 21.1. The van der Waals surface area contributed by atoms with Crippen molar-refractivity contribution in [1.82, 2.24) is 9.29 Å². The Morgan fingerprint density at radius 1 is 1.14 bits per heavy atom. The highest BCUT2D eigenvalue weighted by molar-refractivity contribution is 7.89. The summed E-state index contributed by atoms with van der Waals surface area (Å²) < 4.78 is 32.2. The lowest BCUT2D eigenvalue weighted by Crippen LogP contribution is -2.43. The molecule has 1 atom stereocenters. The third kappa shape index (κ3) is 4.02. The average molecular weight is 407 g/mol. The van der Waals surface area contributed by atoms with E-state index >= 15 is 0 Å². The van der Waals surface area contributed by atoms with E-state index in [1.54, 1.807) is 52.8 Å². The van der Waals surface area contributed by atoms with Crippen molar-refractivity contribution in [3.8, 4) is 0 Å². The number of ether oxygens (including phenoxy) is 1. The van der Waals surface area contributed by atoms with Gasteiger partial charge in [0.25, 0.3) is 0 Å². The van der Waals surface area contributed by atoms with E-state index in [1.807, 2.05) is 0 Å². The zero-order valence-corrected chi connectivity index (χ0v) is 17.6. The second-order valence-corrected chi connectivity index (χ2v) is 8.30. The van der Waals surface area contributed by atoms with Crippen LogP contribution in [0.2, 0.25) is 0 Å². The summed E-state index contributed by atoms with van der Waals surface area (Å²) in [4.78, 5) is 28.3. The Morgan fingerprint density at radius 2 is 1.75 bits per heavy atom. The van der Waals surface area contributed by atoms with Crippen LogP contribution < -0.4 is 0 Å². The molecule has 0 aliphatic heterocycles. The Hall–Kier alpha value is -2.45. The van der Waals surface area contributed by atoms with Crippen molar-refractivity contribution >= 4 is 21.8 Å². The molecule has 0 unspecified atom stereocenters. The van der Waals surface area contributed by atoms with Gasteiger partial charge in [-0.1, -0.05) is 25.1 Å². The summed E-state index contributed by atoms with van der Waals surface area (Å²) >= 11 is 0. The van der Waals surface area contributed by atoms with Gasteiger partial charge in [0.2, 0.25) is 10.0 Å². The number of hydrogen-bond donors (Lipinski definition) is 1. The van der Waals surface area contributed by atoms with E-state index in [-0.39, 0.29) is 29.5 Å². The number of nitrogens with zero attached hydrogens (tertiary/aromatic N) is 1. The molecule has 8 heteroatoms. The van der Waals surface area contributed by atoms with E-state index in [2.05, 4.69) is 4.98 Å². The highest BCUT2D eigenvalue weighted by Gasteiger charge is 2.34. The molecule has 0 spiro atoms. The molecule has 0 bridgehead atoms. The van der Waals surface area contributed by atoms with Gasteiger partial charge in [-0.3, -0.25) is 4.79 Å². The predicted octanol–water partition coefficient (Wildman–Crippen LogP) is 3.09. The standard InChI is InChI=1S/C20H26N2O5S/c1-6-22(28(25,26)16-11-9-8-10-12-16)15(5)19(23)17-13(3)18(21-14(17)4)20(24)27-7-2/h8-12,15,21H,6-7H2,1-5H3/t15-/m0/s1. The number of ketones is 1. The maximum absolute atomic E-state index is 13.2. The SMILES string of the molecule is CCOC(=O)c1[nH]c(C)c(C(=O)[C@H](C)N(CC)S(=O)(=O)c2ccccc2)c1C. The molecule has 152 valence electrons. The Balaban J connectivity index is 2.42. The van der Waals surface area contributed by atoms with Gasteiger partial charge in [-0.15, -0.1) is 0 Å². The van der Waals surface area contributed by atoms with Gasteiger partial charge in [-0.2, -0.15) is 4.31 Å². The molecule has 1 heterocycles. The third-order valence-corrected chi connectivity index (χ3v) is 6.70. The van der Waals surface area contributed by atoms with Crippen LogP contribution in [0.15, 0.2) is 35.2 Å². The van der Waals surface area contributed by atoms with Crippen molar-refractivity contribution in [2.45, 2.75) is 45.6 Å². The average Bonchev–Trinajstić information content (AvgIpc) is 2.96. The number of aromatic amines is 1. The lowest BCUT2D eigenvalue weighted by atomic mass is 10.0. The molecule has 7 nitrogen and oxygen atoms in total. The summed E-state index contributed by atoms with van der Waals surface area (Å²) in [6.07, 6.45) is 0. The second-order valence-electron chi connectivity index (χ2n) is 6.41. The molecule has 0 amide bonds. The van der Waals surface area contributed by atoms with E-state index in [9.17, 15) is 18.0 Å². The maximum atomic E-state index is 13.2. The largest absolute Gasteiger partial charge is 0.461 e. The normalized spacial score (nSPS) is 12.8. The molecule has 0 saturated carbocycles. The first-order valence-corrected chi connectivity index (χ1v) is 10.6. The fraction of sp³-hybridized carbons (Fsp3) is 0.400. The van der Waals surface area contributed by atoms with Crippen LogP contribution in [0, 0.1) is 13.8 Å². The fourth-order valence-electron chi connectivity index (χ4n) is 3.25. The van der Waals surface area contributed by atoms with E-state index in [4.69, 9.17) is 4.74 Å². The van der Waals surface area contributed by atoms with Gasteiger partial charge in [0, 0.05) is 17.8 Å². The molecule has 28 heavy (non-hydrogen) atoms. The lowest BCUT2D eigenvalue weighted by molar-refractivity contribution is 0.0519. The Kier molecular flexibility index (Phi) is 6.79. The van der Waals surface area contributed by atoms with Crippen LogP contribution in [0.5, 0.6) is 0 Å². The van der Waals surface area contributed by atoms with Crippen LogP contribution in [-0.4, -0.2) is 48.7 Å². The first kappa shape index (κ1) is 21.8. The Bertz CT molecular complexity index is 964. The summed E-state index contributed by atoms with van der Waals surface area (Å²) in [6.45, 7) is 8.62. The van der Waals surface area contributed by atoms with Crippen LogP contribution in [0.4, 0.5) is 0 Å². The maximum Gasteiger partial charge on any atom is 0.355 e. The van der Waals surface area contributed by atoms with Gasteiger partial charge in [0.1, 0.15) is 5.69 Å². The minimum Gasteiger partial charge on any atom is -0.461 e. The lowest BCUT2D eigenvalue weighted by Gasteiger charge is -2.26. The van der Waals surface area contributed by atoms with Crippen molar-refractivity contribution in [2.75, 3.05) is 13.2 Å². The summed E-state index contributed by atoms with van der Waals surface area (Å²) in [7, 11) is -3.84. The number of aryl methyl sites for hydroxylation is 1. The highest BCUT2D eigenvalue weighted by Crippen LogP contribution is 2.25. The molecule has 0 aliphatic rings. The topological polar surface area (TPSA) is 96.5 Å². The molecule has 1 N–H and O–H groups in total. The van der Waals surface area contributed by atoms with E-state index in [1.165, 1.54) is 16.4 Å². The number of hydrogen-bond acceptors (Lipinski definition) is 5. The van der Waals surface area contributed by atoms with Crippen LogP contribution >= 0.6 is 0 Å². The fourth-order valence-corrected chi connectivity index (χ4v) is 4.87. The van der Waals surface area contributed by atoms with E-state index in [0.717, 1.165) is 0 Å². The number of carbonyl (C=O) groups is 2. The molecular weight excluding hydrogens is 380 g/mol. The predicted molar refractivity (Wildman–Crippen MR) is 106 cm³/mol. The number of likely N-dealkylation sites (N-methyl/N-ethyl adjacent to an activating group) is 1. The number of aromatic nitrogens is 1. The molecule has 0 aliphatic carbocycles. The zero-order valence-electron chi connectivity index (χ0n) is 16.8. The van der Waals surface area contributed by atoms with Crippen LogP contribution in [-0.2, 0) is 14.8 Å². The van der Waals surface area contributed by atoms with Crippen LogP contribution in [0.25, 0.3) is 0 Å². The Labute approximate surface area is 165 Å². The van der Waals surface area contributed by atoms with Crippen LogP contribution in [0.1, 0.15) is 52.9 Å². The monoisotopic (exact) mass is 406 g/mol. The molecule has 1 aromatic heterocycles. The number of nitrogens with one attached hydrogen (secondary N) is 1. The summed E-state index contributed by atoms with van der Waals surface area (Å²) in [6, 6.07) is 7.08.